The van der Waals surface area contributed by atoms with E-state index in [1.54, 1.807) is 31.3 Å². The van der Waals surface area contributed by atoms with Crippen molar-refractivity contribution in [3.8, 4) is 17.0 Å². The van der Waals surface area contributed by atoms with Crippen molar-refractivity contribution < 1.29 is 18.3 Å². The Balaban J connectivity index is 2.10. The van der Waals surface area contributed by atoms with Gasteiger partial charge in [-0.25, -0.2) is 9.03 Å². The molecule has 0 unspecified atom stereocenters. The first-order valence-electron chi connectivity index (χ1n) is 6.47. The number of amides is 1. The fourth-order valence-electron chi connectivity index (χ4n) is 2.41. The molecule has 1 aliphatic rings. The van der Waals surface area contributed by atoms with Crippen LogP contribution in [-0.4, -0.2) is 31.0 Å². The van der Waals surface area contributed by atoms with Crippen molar-refractivity contribution in [3.63, 3.8) is 0 Å². The quantitative estimate of drug-likeness (QED) is 0.858. The van der Waals surface area contributed by atoms with Crippen molar-refractivity contribution in [1.82, 2.24) is 9.71 Å². The van der Waals surface area contributed by atoms with Crippen LogP contribution in [0, 0.1) is 6.92 Å². The van der Waals surface area contributed by atoms with Gasteiger partial charge in [-0.1, -0.05) is 6.07 Å². The van der Waals surface area contributed by atoms with Crippen LogP contribution in [0.3, 0.4) is 0 Å². The zero-order valence-electron chi connectivity index (χ0n) is 11.6. The lowest BCUT2D eigenvalue weighted by Crippen LogP contribution is -2.30. The van der Waals surface area contributed by atoms with Gasteiger partial charge in [0.05, 0.1) is 11.4 Å². The molecule has 1 fully saturated rings. The largest absolute Gasteiger partial charge is 0.506 e. The smallest absolute Gasteiger partial charge is 0.326 e. The predicted molar refractivity (Wildman–Crippen MR) is 80.5 cm³/mol. The summed E-state index contributed by atoms with van der Waals surface area (Å²) in [6, 6.07) is 8.53. The van der Waals surface area contributed by atoms with Gasteiger partial charge in [0.25, 0.3) is 5.91 Å². The SMILES string of the molecule is Cc1cc(-c2ccccn2)cc(O)c1N1CC(=O)NS1(=O)=O. The van der Waals surface area contributed by atoms with Crippen LogP contribution in [0.2, 0.25) is 0 Å². The molecule has 0 radical (unpaired) electrons. The monoisotopic (exact) mass is 319 g/mol. The fourth-order valence-corrected chi connectivity index (χ4v) is 3.64. The van der Waals surface area contributed by atoms with Crippen molar-refractivity contribution >= 4 is 21.8 Å². The minimum atomic E-state index is -3.95. The molecule has 22 heavy (non-hydrogen) atoms. The summed E-state index contributed by atoms with van der Waals surface area (Å²) in [4.78, 5) is 15.5. The summed E-state index contributed by atoms with van der Waals surface area (Å²) in [5.74, 6) is -0.853. The van der Waals surface area contributed by atoms with Crippen molar-refractivity contribution in [2.75, 3.05) is 10.8 Å². The number of carbonyl (C=O) groups is 1. The van der Waals surface area contributed by atoms with E-state index in [1.165, 1.54) is 6.07 Å². The Morgan fingerprint density at radius 2 is 2.09 bits per heavy atom. The predicted octanol–water partition coefficient (Wildman–Crippen LogP) is 0.944. The summed E-state index contributed by atoms with van der Waals surface area (Å²) in [7, 11) is -3.95. The maximum atomic E-state index is 11.9. The molecule has 1 saturated heterocycles. The lowest BCUT2D eigenvalue weighted by molar-refractivity contribution is -0.117. The number of hydrogen-bond donors (Lipinski definition) is 2. The number of benzene rings is 1. The molecule has 2 heterocycles. The fraction of sp³-hybridized carbons (Fsp3) is 0.143. The molecule has 1 aromatic carbocycles. The summed E-state index contributed by atoms with van der Waals surface area (Å²) in [6.45, 7) is 1.32. The van der Waals surface area contributed by atoms with Gasteiger partial charge >= 0.3 is 10.2 Å². The lowest BCUT2D eigenvalue weighted by atomic mass is 10.1. The van der Waals surface area contributed by atoms with Gasteiger partial charge in [0.1, 0.15) is 12.3 Å². The molecule has 8 heteroatoms. The van der Waals surface area contributed by atoms with Crippen LogP contribution in [-0.2, 0) is 15.0 Å². The van der Waals surface area contributed by atoms with E-state index in [0.717, 1.165) is 4.31 Å². The van der Waals surface area contributed by atoms with Gasteiger partial charge in [0, 0.05) is 11.8 Å². The van der Waals surface area contributed by atoms with Crippen molar-refractivity contribution in [2.24, 2.45) is 0 Å². The van der Waals surface area contributed by atoms with Crippen LogP contribution in [0.1, 0.15) is 5.56 Å². The number of hydrogen-bond acceptors (Lipinski definition) is 5. The van der Waals surface area contributed by atoms with E-state index >= 15 is 0 Å². The third kappa shape index (κ3) is 2.37. The van der Waals surface area contributed by atoms with Gasteiger partial charge in [-0.2, -0.15) is 8.42 Å². The van der Waals surface area contributed by atoms with Crippen molar-refractivity contribution in [1.29, 1.82) is 0 Å². The molecule has 1 aliphatic heterocycles. The molecule has 7 nitrogen and oxygen atoms in total. The lowest BCUT2D eigenvalue weighted by Gasteiger charge is -2.19. The molecule has 0 spiro atoms. The maximum absolute atomic E-state index is 11.9. The Bertz CT molecular complexity index is 827. The van der Waals surface area contributed by atoms with E-state index in [4.69, 9.17) is 0 Å². The average molecular weight is 319 g/mol. The highest BCUT2D eigenvalue weighted by molar-refractivity contribution is 7.92. The third-order valence-corrected chi connectivity index (χ3v) is 4.69. The van der Waals surface area contributed by atoms with Crippen LogP contribution >= 0.6 is 0 Å². The minimum absolute atomic E-state index is 0.0954. The maximum Gasteiger partial charge on any atom is 0.326 e. The molecule has 2 N–H and O–H groups in total. The first-order chi connectivity index (χ1) is 10.4. The molecule has 0 atom stereocenters. The summed E-state index contributed by atoms with van der Waals surface area (Å²) < 4.78 is 26.5. The Labute approximate surface area is 127 Å². The normalized spacial score (nSPS) is 16.6. The molecule has 1 aromatic heterocycles. The molecule has 0 aliphatic carbocycles. The van der Waals surface area contributed by atoms with Crippen LogP contribution < -0.4 is 9.03 Å². The second kappa shape index (κ2) is 4.99. The van der Waals surface area contributed by atoms with Gasteiger partial charge in [-0.3, -0.25) is 9.78 Å². The molecule has 0 bridgehead atoms. The molecule has 3 rings (SSSR count). The zero-order valence-corrected chi connectivity index (χ0v) is 12.5. The number of phenols is 1. The highest BCUT2D eigenvalue weighted by Gasteiger charge is 2.36. The van der Waals surface area contributed by atoms with E-state index in [-0.39, 0.29) is 18.0 Å². The molecule has 1 amide bonds. The number of aromatic nitrogens is 1. The van der Waals surface area contributed by atoms with Crippen LogP contribution in [0.15, 0.2) is 36.5 Å². The molecule has 0 saturated carbocycles. The number of aromatic hydroxyl groups is 1. The van der Waals surface area contributed by atoms with Gasteiger partial charge < -0.3 is 5.11 Å². The van der Waals surface area contributed by atoms with Gasteiger partial charge in [-0.15, -0.1) is 0 Å². The topological polar surface area (TPSA) is 99.6 Å². The standard InChI is InChI=1S/C14H13N3O4S/c1-9-6-10(11-4-2-3-5-15-11)7-12(18)14(9)17-8-13(19)16-22(17,20)21/h2-7,18H,8H2,1H3,(H,16,19). The van der Waals surface area contributed by atoms with Crippen molar-refractivity contribution in [3.05, 3.63) is 42.1 Å². The van der Waals surface area contributed by atoms with Gasteiger partial charge in [-0.05, 0) is 36.8 Å². The zero-order chi connectivity index (χ0) is 15.9. The Hall–Kier alpha value is -2.61. The van der Waals surface area contributed by atoms with Crippen LogP contribution in [0.25, 0.3) is 11.3 Å². The highest BCUT2D eigenvalue weighted by Crippen LogP contribution is 2.37. The van der Waals surface area contributed by atoms with Gasteiger partial charge in [0.2, 0.25) is 0 Å². The number of carbonyl (C=O) groups excluding carboxylic acids is 1. The van der Waals surface area contributed by atoms with Crippen molar-refractivity contribution in [2.45, 2.75) is 6.92 Å². The average Bonchev–Trinajstić information content (AvgIpc) is 2.72. The number of nitrogens with one attached hydrogen (secondary N) is 1. The second-order valence-electron chi connectivity index (χ2n) is 4.91. The van der Waals surface area contributed by atoms with E-state index in [9.17, 15) is 18.3 Å². The van der Waals surface area contributed by atoms with E-state index in [2.05, 4.69) is 4.98 Å². The highest BCUT2D eigenvalue weighted by atomic mass is 32.2. The molecule has 2 aromatic rings. The number of anilines is 1. The van der Waals surface area contributed by atoms with Gasteiger partial charge in [0.15, 0.2) is 0 Å². The molecular weight excluding hydrogens is 306 g/mol. The van der Waals surface area contributed by atoms with E-state index < -0.39 is 16.1 Å². The number of phenolic OH excluding ortho intramolecular Hbond substituents is 1. The summed E-state index contributed by atoms with van der Waals surface area (Å²) >= 11 is 0. The Kier molecular flexibility index (Phi) is 3.25. The third-order valence-electron chi connectivity index (χ3n) is 3.31. The minimum Gasteiger partial charge on any atom is -0.506 e. The summed E-state index contributed by atoms with van der Waals surface area (Å²) in [6.07, 6.45) is 1.63. The molecular formula is C14H13N3O4S. The summed E-state index contributed by atoms with van der Waals surface area (Å²) in [5, 5.41) is 10.2. The number of nitrogens with zero attached hydrogens (tertiary/aromatic N) is 2. The Morgan fingerprint density at radius 3 is 2.64 bits per heavy atom. The van der Waals surface area contributed by atoms with E-state index in [1.807, 2.05) is 10.8 Å². The first kappa shape index (κ1) is 14.3. The molecule has 114 valence electrons. The van der Waals surface area contributed by atoms with Crippen LogP contribution in [0.4, 0.5) is 5.69 Å². The first-order valence-corrected chi connectivity index (χ1v) is 7.91. The second-order valence-corrected chi connectivity index (χ2v) is 6.51. The number of pyridine rings is 1. The summed E-state index contributed by atoms with van der Waals surface area (Å²) in [5.41, 5.74) is 1.94. The van der Waals surface area contributed by atoms with Crippen LogP contribution in [0.5, 0.6) is 5.75 Å². The Morgan fingerprint density at radius 1 is 1.32 bits per heavy atom. The van der Waals surface area contributed by atoms with E-state index in [0.29, 0.717) is 16.8 Å². The number of rotatable bonds is 2. The number of aryl methyl sites for hydroxylation is 1.